The van der Waals surface area contributed by atoms with Crippen LogP contribution in [0, 0.1) is 11.3 Å². The molecule has 1 aromatic rings. The van der Waals surface area contributed by atoms with Gasteiger partial charge >= 0.3 is 6.03 Å². The third kappa shape index (κ3) is 8.15. The Morgan fingerprint density at radius 3 is 2.18 bits per heavy atom. The predicted octanol–water partition coefficient (Wildman–Crippen LogP) is 2.38. The summed E-state index contributed by atoms with van der Waals surface area (Å²) in [6.07, 6.45) is 1.17. The lowest BCUT2D eigenvalue weighted by Gasteiger charge is -2.36. The second-order valence-electron chi connectivity index (χ2n) is 11.4. The number of hydrogen-bond acceptors (Lipinski definition) is 5. The number of carbonyl (C=O) groups excluding carboxylic acids is 5. The fourth-order valence-corrected chi connectivity index (χ4v) is 4.71. The summed E-state index contributed by atoms with van der Waals surface area (Å²) < 4.78 is 0. The highest BCUT2D eigenvalue weighted by molar-refractivity contribution is 6.37. The van der Waals surface area contributed by atoms with Gasteiger partial charge in [-0.25, -0.2) is 4.79 Å². The maximum absolute atomic E-state index is 13.8. The number of primary amides is 1. The fourth-order valence-electron chi connectivity index (χ4n) is 4.71. The maximum Gasteiger partial charge on any atom is 0.315 e. The molecule has 1 saturated heterocycles. The van der Waals surface area contributed by atoms with Crippen molar-refractivity contribution in [2.45, 2.75) is 85.0 Å². The first-order chi connectivity index (χ1) is 18.2. The van der Waals surface area contributed by atoms with Crippen LogP contribution in [0.2, 0.25) is 0 Å². The quantitative estimate of drug-likeness (QED) is 0.317. The molecule has 1 aliphatic heterocycles. The van der Waals surface area contributed by atoms with Crippen molar-refractivity contribution in [1.82, 2.24) is 20.9 Å². The van der Waals surface area contributed by atoms with E-state index in [9.17, 15) is 24.0 Å². The second kappa shape index (κ2) is 13.4. The van der Waals surface area contributed by atoms with Crippen LogP contribution in [-0.4, -0.2) is 65.1 Å². The Bertz CT molecular complexity index is 1080. The number of benzene rings is 1. The van der Waals surface area contributed by atoms with Gasteiger partial charge in [0.15, 0.2) is 0 Å². The molecule has 0 spiro atoms. The average Bonchev–Trinajstić information content (AvgIpc) is 3.37. The zero-order chi connectivity index (χ0) is 29.5. The summed E-state index contributed by atoms with van der Waals surface area (Å²) in [5.41, 5.74) is 6.09. The number of likely N-dealkylation sites (tertiary alicyclic amines) is 1. The number of amides is 5. The minimum atomic E-state index is -1.13. The van der Waals surface area contributed by atoms with Gasteiger partial charge in [0.25, 0.3) is 5.91 Å². The molecule has 2 rings (SSSR count). The van der Waals surface area contributed by atoms with E-state index < -0.39 is 53.1 Å². The molecule has 1 aliphatic rings. The van der Waals surface area contributed by atoms with E-state index in [1.807, 2.05) is 65.0 Å². The summed E-state index contributed by atoms with van der Waals surface area (Å²) in [6.45, 7) is 15.6. The van der Waals surface area contributed by atoms with Crippen LogP contribution in [0.15, 0.2) is 36.9 Å². The number of ketones is 1. The van der Waals surface area contributed by atoms with Gasteiger partial charge in [0, 0.05) is 6.54 Å². The standard InChI is InChI=1S/C29H43N5O5/c1-8-20(23(35)25(30)36)31-26(37)21-15-12-16-34(21)27(38)24(29(5,6)7)33-28(39)32-22(17(2)3)18(4)19-13-10-9-11-14-19/h9-11,13-14,17,20-22,24H,4,8,12,15-16H2,1-3,5-7H3,(H2,30,36)(H,31,37)(H2,32,33,39)/t20?,21-,22?,24?/m0/s1. The van der Waals surface area contributed by atoms with Crippen LogP contribution in [0.25, 0.3) is 5.57 Å². The molecule has 4 atom stereocenters. The van der Waals surface area contributed by atoms with E-state index in [-0.39, 0.29) is 18.4 Å². The number of carbonyl (C=O) groups is 5. The van der Waals surface area contributed by atoms with Crippen LogP contribution in [-0.2, 0) is 19.2 Å². The third-order valence-corrected chi connectivity index (χ3v) is 6.98. The topological polar surface area (TPSA) is 151 Å². The first kappa shape index (κ1) is 31.5. The van der Waals surface area contributed by atoms with E-state index in [0.29, 0.717) is 19.4 Å². The van der Waals surface area contributed by atoms with Gasteiger partial charge in [-0.05, 0) is 41.7 Å². The SMILES string of the molecule is C=C(c1ccccc1)C(NC(=O)NC(C(=O)N1CCC[C@H]1C(=O)NC(CC)C(=O)C(N)=O)C(C)(C)C)C(C)C. The van der Waals surface area contributed by atoms with Crippen LogP contribution < -0.4 is 21.7 Å². The van der Waals surface area contributed by atoms with Gasteiger partial charge in [0.2, 0.25) is 17.6 Å². The molecule has 5 N–H and O–H groups in total. The number of Topliss-reactive ketones (excluding diaryl/α,β-unsaturated/α-hetero) is 1. The van der Waals surface area contributed by atoms with E-state index in [0.717, 1.165) is 11.1 Å². The van der Waals surface area contributed by atoms with Crippen molar-refractivity contribution in [3.63, 3.8) is 0 Å². The summed E-state index contributed by atoms with van der Waals surface area (Å²) in [5, 5.41) is 8.38. The Balaban J connectivity index is 2.19. The van der Waals surface area contributed by atoms with Gasteiger partial charge in [-0.15, -0.1) is 0 Å². The van der Waals surface area contributed by atoms with Crippen LogP contribution in [0.4, 0.5) is 4.79 Å². The Morgan fingerprint density at radius 1 is 1.05 bits per heavy atom. The number of hydrogen-bond donors (Lipinski definition) is 4. The molecule has 0 aromatic heterocycles. The van der Waals surface area contributed by atoms with E-state index in [2.05, 4.69) is 22.5 Å². The van der Waals surface area contributed by atoms with Crippen molar-refractivity contribution in [2.24, 2.45) is 17.1 Å². The summed E-state index contributed by atoms with van der Waals surface area (Å²) >= 11 is 0. The van der Waals surface area contributed by atoms with Crippen LogP contribution in [0.3, 0.4) is 0 Å². The Morgan fingerprint density at radius 2 is 1.67 bits per heavy atom. The molecular weight excluding hydrogens is 498 g/mol. The average molecular weight is 542 g/mol. The third-order valence-electron chi connectivity index (χ3n) is 6.98. The van der Waals surface area contributed by atoms with Gasteiger partial charge < -0.3 is 26.6 Å². The maximum atomic E-state index is 13.8. The van der Waals surface area contributed by atoms with Crippen molar-refractivity contribution in [1.29, 1.82) is 0 Å². The number of nitrogens with two attached hydrogens (primary N) is 1. The van der Waals surface area contributed by atoms with Crippen LogP contribution in [0.5, 0.6) is 0 Å². The van der Waals surface area contributed by atoms with Gasteiger partial charge in [0.1, 0.15) is 12.1 Å². The summed E-state index contributed by atoms with van der Waals surface area (Å²) in [5.74, 6) is -2.90. The molecule has 1 fully saturated rings. The molecular formula is C29H43N5O5. The van der Waals surface area contributed by atoms with Gasteiger partial charge in [-0.3, -0.25) is 19.2 Å². The molecule has 0 bridgehead atoms. The highest BCUT2D eigenvalue weighted by Gasteiger charge is 2.42. The highest BCUT2D eigenvalue weighted by atomic mass is 16.2. The smallest absolute Gasteiger partial charge is 0.315 e. The normalized spacial score (nSPS) is 17.6. The Hall–Kier alpha value is -3.69. The van der Waals surface area contributed by atoms with Crippen molar-refractivity contribution >= 4 is 35.1 Å². The lowest BCUT2D eigenvalue weighted by molar-refractivity contribution is -0.143. The Kier molecular flexibility index (Phi) is 10.8. The number of nitrogens with one attached hydrogen (secondary N) is 3. The van der Waals surface area contributed by atoms with Crippen LogP contribution >= 0.6 is 0 Å². The fraction of sp³-hybridized carbons (Fsp3) is 0.552. The second-order valence-corrected chi connectivity index (χ2v) is 11.4. The van der Waals surface area contributed by atoms with E-state index >= 15 is 0 Å². The Labute approximate surface area is 231 Å². The zero-order valence-electron chi connectivity index (χ0n) is 23.9. The predicted molar refractivity (Wildman–Crippen MR) is 150 cm³/mol. The summed E-state index contributed by atoms with van der Waals surface area (Å²) in [6, 6.07) is 5.86. The molecule has 1 heterocycles. The van der Waals surface area contributed by atoms with Crippen molar-refractivity contribution < 1.29 is 24.0 Å². The zero-order valence-corrected chi connectivity index (χ0v) is 23.9. The summed E-state index contributed by atoms with van der Waals surface area (Å²) in [4.78, 5) is 64.8. The first-order valence-corrected chi connectivity index (χ1v) is 13.4. The number of nitrogens with zero attached hydrogens (tertiary/aromatic N) is 1. The van der Waals surface area contributed by atoms with Gasteiger partial charge in [-0.2, -0.15) is 0 Å². The largest absolute Gasteiger partial charge is 0.363 e. The van der Waals surface area contributed by atoms with E-state index in [1.165, 1.54) is 4.90 Å². The summed E-state index contributed by atoms with van der Waals surface area (Å²) in [7, 11) is 0. The van der Waals surface area contributed by atoms with Gasteiger partial charge in [0.05, 0.1) is 12.1 Å². The highest BCUT2D eigenvalue weighted by Crippen LogP contribution is 2.27. The lowest BCUT2D eigenvalue weighted by Crippen LogP contribution is -2.60. The molecule has 1 aromatic carbocycles. The van der Waals surface area contributed by atoms with Crippen molar-refractivity contribution in [3.05, 3.63) is 42.5 Å². The molecule has 0 radical (unpaired) electrons. The molecule has 5 amide bonds. The van der Waals surface area contributed by atoms with E-state index in [1.54, 1.807) is 6.92 Å². The number of rotatable bonds is 11. The monoisotopic (exact) mass is 541 g/mol. The minimum absolute atomic E-state index is 0.0357. The van der Waals surface area contributed by atoms with Gasteiger partial charge in [-0.1, -0.05) is 78.5 Å². The molecule has 0 saturated carbocycles. The minimum Gasteiger partial charge on any atom is -0.363 e. The molecule has 39 heavy (non-hydrogen) atoms. The molecule has 10 nitrogen and oxygen atoms in total. The molecule has 214 valence electrons. The van der Waals surface area contributed by atoms with E-state index in [4.69, 9.17) is 5.73 Å². The molecule has 3 unspecified atom stereocenters. The van der Waals surface area contributed by atoms with Crippen molar-refractivity contribution in [3.8, 4) is 0 Å². The first-order valence-electron chi connectivity index (χ1n) is 13.4. The molecule has 0 aliphatic carbocycles. The van der Waals surface area contributed by atoms with Crippen molar-refractivity contribution in [2.75, 3.05) is 6.54 Å². The lowest BCUT2D eigenvalue weighted by atomic mass is 9.85. The number of urea groups is 1. The molecule has 10 heteroatoms. The van der Waals surface area contributed by atoms with Crippen LogP contribution in [0.1, 0.15) is 66.4 Å².